The first-order valence-electron chi connectivity index (χ1n) is 4.00. The van der Waals surface area contributed by atoms with Crippen LogP contribution >= 0.6 is 43.2 Å². The van der Waals surface area contributed by atoms with Crippen molar-refractivity contribution in [2.75, 3.05) is 13.2 Å². The van der Waals surface area contributed by atoms with E-state index in [0.29, 0.717) is 0 Å². The summed E-state index contributed by atoms with van der Waals surface area (Å²) in [6.45, 7) is -0.134. The predicted molar refractivity (Wildman–Crippen MR) is 65.1 cm³/mol. The van der Waals surface area contributed by atoms with E-state index in [0.717, 1.165) is 13.1 Å². The van der Waals surface area contributed by atoms with Crippen LogP contribution in [0.1, 0.15) is 11.6 Å². The van der Waals surface area contributed by atoms with Gasteiger partial charge in [-0.3, -0.25) is 0 Å². The number of thiophene rings is 1. The Kier molecular flexibility index (Phi) is 5.20. The molecular weight excluding hydrogens is 350 g/mol. The molecule has 0 aliphatic carbocycles. The fourth-order valence-electron chi connectivity index (χ4n) is 0.969. The molecular formula is C8H9Br2NO3S. The molecule has 1 heterocycles. The molecule has 0 amide bonds. The molecule has 0 spiro atoms. The molecule has 3 N–H and O–H groups in total. The second-order valence-corrected chi connectivity index (χ2v) is 6.54. The first-order valence-corrected chi connectivity index (χ1v) is 6.40. The maximum absolute atomic E-state index is 10.2. The number of hydrogen-bond acceptors (Lipinski definition) is 4. The van der Waals surface area contributed by atoms with Gasteiger partial charge in [-0.05, 0) is 43.5 Å². The van der Waals surface area contributed by atoms with Crippen LogP contribution in [0.25, 0.3) is 0 Å². The molecule has 0 bridgehead atoms. The van der Waals surface area contributed by atoms with Gasteiger partial charge in [-0.2, -0.15) is 0 Å². The minimum atomic E-state index is -0.993. The molecule has 0 saturated carbocycles. The van der Waals surface area contributed by atoms with Crippen LogP contribution in [-0.4, -0.2) is 24.3 Å². The highest BCUT2D eigenvalue weighted by Crippen LogP contribution is 2.34. The van der Waals surface area contributed by atoms with Gasteiger partial charge >= 0.3 is 5.97 Å². The van der Waals surface area contributed by atoms with Gasteiger partial charge in [-0.25, -0.2) is 4.79 Å². The topological polar surface area (TPSA) is 72.5 Å². The highest BCUT2D eigenvalue weighted by Gasteiger charge is 2.13. The number of aliphatic carboxylic acids is 1. The van der Waals surface area contributed by atoms with E-state index in [2.05, 4.69) is 31.9 Å². The zero-order valence-electron chi connectivity index (χ0n) is 7.57. The monoisotopic (exact) mass is 357 g/mol. The fraction of sp³-hybridized carbons (Fsp3) is 0.375. The summed E-state index contributed by atoms with van der Waals surface area (Å²) >= 11 is 8.23. The number of carboxylic acid groups (broad SMARTS) is 1. The van der Waals surface area contributed by atoms with Gasteiger partial charge in [0.2, 0.25) is 0 Å². The number of ether oxygens (including phenoxy) is 1. The molecule has 0 aliphatic heterocycles. The van der Waals surface area contributed by atoms with Crippen molar-refractivity contribution in [1.82, 2.24) is 0 Å². The van der Waals surface area contributed by atoms with Crippen molar-refractivity contribution in [1.29, 1.82) is 0 Å². The van der Waals surface area contributed by atoms with Gasteiger partial charge in [0.05, 0.1) is 20.2 Å². The predicted octanol–water partition coefficient (Wildman–Crippen LogP) is 2.37. The van der Waals surface area contributed by atoms with Crippen molar-refractivity contribution in [3.63, 3.8) is 0 Å². The molecule has 15 heavy (non-hydrogen) atoms. The number of carboxylic acids is 1. The average Bonchev–Trinajstić information content (AvgIpc) is 2.44. The van der Waals surface area contributed by atoms with Crippen LogP contribution in [0.2, 0.25) is 0 Å². The van der Waals surface area contributed by atoms with Crippen molar-refractivity contribution in [2.24, 2.45) is 5.73 Å². The van der Waals surface area contributed by atoms with Crippen LogP contribution in [0.3, 0.4) is 0 Å². The van der Waals surface area contributed by atoms with E-state index >= 15 is 0 Å². The van der Waals surface area contributed by atoms with Crippen LogP contribution in [0.15, 0.2) is 13.6 Å². The Bertz CT molecular complexity index is 356. The van der Waals surface area contributed by atoms with Crippen molar-refractivity contribution in [3.05, 3.63) is 19.2 Å². The van der Waals surface area contributed by atoms with Gasteiger partial charge in [0.1, 0.15) is 6.61 Å². The molecule has 0 aromatic carbocycles. The Hall–Kier alpha value is 0.0500. The van der Waals surface area contributed by atoms with E-state index in [1.807, 2.05) is 6.07 Å². The van der Waals surface area contributed by atoms with Gasteiger partial charge < -0.3 is 15.6 Å². The van der Waals surface area contributed by atoms with Gasteiger partial charge in [-0.15, -0.1) is 11.3 Å². The molecule has 0 saturated heterocycles. The van der Waals surface area contributed by atoms with Crippen molar-refractivity contribution >= 4 is 49.2 Å². The third kappa shape index (κ3) is 4.20. The lowest BCUT2D eigenvalue weighted by molar-refractivity contribution is -0.142. The molecule has 1 aromatic rings. The van der Waals surface area contributed by atoms with E-state index in [4.69, 9.17) is 15.6 Å². The van der Waals surface area contributed by atoms with Crippen LogP contribution in [0, 0.1) is 0 Å². The van der Waals surface area contributed by atoms with Gasteiger partial charge in [0.25, 0.3) is 0 Å². The highest BCUT2D eigenvalue weighted by molar-refractivity contribution is 9.12. The Morgan fingerprint density at radius 1 is 1.67 bits per heavy atom. The molecule has 1 unspecified atom stereocenters. The highest BCUT2D eigenvalue weighted by atomic mass is 79.9. The summed E-state index contributed by atoms with van der Waals surface area (Å²) in [5, 5.41) is 8.38. The van der Waals surface area contributed by atoms with Crippen molar-refractivity contribution in [3.8, 4) is 0 Å². The van der Waals surface area contributed by atoms with E-state index in [9.17, 15) is 4.79 Å². The normalized spacial score (nSPS) is 12.7. The van der Waals surface area contributed by atoms with Crippen LogP contribution in [0.5, 0.6) is 0 Å². The first kappa shape index (κ1) is 13.1. The van der Waals surface area contributed by atoms with E-state index in [1.165, 1.54) is 11.3 Å². The second-order valence-electron chi connectivity index (χ2n) is 2.79. The summed E-state index contributed by atoms with van der Waals surface area (Å²) in [4.78, 5) is 10.2. The minimum Gasteiger partial charge on any atom is -0.480 e. The molecule has 0 radical (unpaired) electrons. The SMILES string of the molecule is NC(COCC(=O)O)c1cc(Br)sc1Br. The lowest BCUT2D eigenvalue weighted by atomic mass is 10.2. The molecule has 1 aromatic heterocycles. The number of rotatable bonds is 5. The zero-order valence-corrected chi connectivity index (χ0v) is 11.6. The summed E-state index contributed by atoms with van der Waals surface area (Å²) in [5.74, 6) is -0.993. The Balaban J connectivity index is 2.50. The zero-order chi connectivity index (χ0) is 11.4. The van der Waals surface area contributed by atoms with Gasteiger partial charge in [-0.1, -0.05) is 0 Å². The number of halogens is 2. The van der Waals surface area contributed by atoms with Crippen LogP contribution in [-0.2, 0) is 9.53 Å². The van der Waals surface area contributed by atoms with Crippen LogP contribution in [0.4, 0.5) is 0 Å². The van der Waals surface area contributed by atoms with Crippen molar-refractivity contribution < 1.29 is 14.6 Å². The summed E-state index contributed by atoms with van der Waals surface area (Å²) in [6, 6.07) is 1.57. The molecule has 1 rings (SSSR count). The van der Waals surface area contributed by atoms with E-state index in [-0.39, 0.29) is 19.3 Å². The number of nitrogens with two attached hydrogens (primary N) is 1. The van der Waals surface area contributed by atoms with Gasteiger partial charge in [0, 0.05) is 0 Å². The summed E-state index contributed by atoms with van der Waals surface area (Å²) in [7, 11) is 0. The fourth-order valence-corrected chi connectivity index (χ4v) is 3.97. The molecule has 0 fully saturated rings. The molecule has 84 valence electrons. The third-order valence-electron chi connectivity index (χ3n) is 1.61. The summed E-state index contributed by atoms with van der Waals surface area (Å²) < 4.78 is 6.82. The first-order chi connectivity index (χ1) is 7.00. The Morgan fingerprint density at radius 3 is 2.80 bits per heavy atom. The lowest BCUT2D eigenvalue weighted by Gasteiger charge is -2.10. The molecule has 7 heteroatoms. The Labute approximate surface area is 108 Å². The van der Waals surface area contributed by atoms with Gasteiger partial charge in [0.15, 0.2) is 0 Å². The van der Waals surface area contributed by atoms with E-state index in [1.54, 1.807) is 0 Å². The molecule has 4 nitrogen and oxygen atoms in total. The molecule has 1 atom stereocenters. The third-order valence-corrected chi connectivity index (χ3v) is 3.99. The van der Waals surface area contributed by atoms with E-state index < -0.39 is 5.97 Å². The number of carbonyl (C=O) groups is 1. The smallest absolute Gasteiger partial charge is 0.329 e. The maximum Gasteiger partial charge on any atom is 0.329 e. The molecule has 0 aliphatic rings. The largest absolute Gasteiger partial charge is 0.480 e. The standard InChI is InChI=1S/C8H9Br2NO3S/c9-6-1-4(8(10)15-6)5(11)2-14-3-7(12)13/h1,5H,2-3,11H2,(H,12,13). The summed E-state index contributed by atoms with van der Waals surface area (Å²) in [6.07, 6.45) is 0. The number of hydrogen-bond donors (Lipinski definition) is 2. The minimum absolute atomic E-state index is 0.189. The lowest BCUT2D eigenvalue weighted by Crippen LogP contribution is -2.19. The summed E-state index contributed by atoms with van der Waals surface area (Å²) in [5.41, 5.74) is 6.75. The average molecular weight is 359 g/mol. The Morgan fingerprint density at radius 2 is 2.33 bits per heavy atom. The quantitative estimate of drug-likeness (QED) is 0.847. The van der Waals surface area contributed by atoms with Crippen molar-refractivity contribution in [2.45, 2.75) is 6.04 Å². The van der Waals surface area contributed by atoms with Crippen LogP contribution < -0.4 is 5.73 Å². The second kappa shape index (κ2) is 5.95. The maximum atomic E-state index is 10.2.